The molecule has 0 bridgehead atoms. The molecule has 7 nitrogen and oxygen atoms in total. The van der Waals surface area contributed by atoms with Crippen molar-refractivity contribution in [3.8, 4) is 0 Å². The molecule has 142 valence electrons. The number of carbonyl (C=O) groups is 3. The van der Waals surface area contributed by atoms with Crippen LogP contribution < -0.4 is 0 Å². The van der Waals surface area contributed by atoms with E-state index in [1.165, 1.54) is 44.7 Å². The smallest absolute Gasteiger partial charge is 0.303 e. The number of esters is 3. The first-order valence-electron chi connectivity index (χ1n) is 7.81. The molecule has 0 spiro atoms. The summed E-state index contributed by atoms with van der Waals surface area (Å²) in [6, 6.07) is 5.68. The summed E-state index contributed by atoms with van der Waals surface area (Å²) in [5.74, 6) is -2.07. The average Bonchev–Trinajstić information content (AvgIpc) is 2.84. The van der Waals surface area contributed by atoms with Crippen LogP contribution in [0.25, 0.3) is 0 Å². The molecule has 4 atom stereocenters. The highest BCUT2D eigenvalue weighted by atomic mass is 32.2. The maximum absolute atomic E-state index is 13.1. The zero-order valence-electron chi connectivity index (χ0n) is 14.5. The van der Waals surface area contributed by atoms with Gasteiger partial charge in [0.05, 0.1) is 0 Å². The first-order valence-corrected chi connectivity index (χ1v) is 8.69. The first kappa shape index (κ1) is 20.2. The lowest BCUT2D eigenvalue weighted by Crippen LogP contribution is -2.40. The van der Waals surface area contributed by atoms with Gasteiger partial charge in [0, 0.05) is 25.7 Å². The van der Waals surface area contributed by atoms with Crippen molar-refractivity contribution in [2.75, 3.05) is 6.61 Å². The number of hydrogen-bond acceptors (Lipinski definition) is 8. The van der Waals surface area contributed by atoms with Crippen LogP contribution in [0.15, 0.2) is 29.2 Å². The van der Waals surface area contributed by atoms with Crippen LogP contribution in [0.5, 0.6) is 0 Å². The molecular weight excluding hydrogens is 367 g/mol. The fourth-order valence-electron chi connectivity index (χ4n) is 2.42. The lowest BCUT2D eigenvalue weighted by atomic mass is 10.1. The van der Waals surface area contributed by atoms with Crippen molar-refractivity contribution in [3.63, 3.8) is 0 Å². The minimum Gasteiger partial charge on any atom is -0.463 e. The molecule has 1 fully saturated rings. The van der Waals surface area contributed by atoms with E-state index >= 15 is 0 Å². The second-order valence-corrected chi connectivity index (χ2v) is 6.74. The molecule has 1 aromatic rings. The molecule has 0 aromatic heterocycles. The third kappa shape index (κ3) is 5.70. The summed E-state index contributed by atoms with van der Waals surface area (Å²) in [5.41, 5.74) is -0.728. The van der Waals surface area contributed by atoms with Crippen LogP contribution in [-0.2, 0) is 33.3 Å². The van der Waals surface area contributed by atoms with E-state index in [1.54, 1.807) is 12.1 Å². The van der Waals surface area contributed by atoms with Gasteiger partial charge in [-0.2, -0.15) is 0 Å². The van der Waals surface area contributed by atoms with Crippen LogP contribution in [0.4, 0.5) is 4.39 Å². The van der Waals surface area contributed by atoms with Crippen molar-refractivity contribution in [1.82, 2.24) is 0 Å². The highest BCUT2D eigenvalue weighted by Crippen LogP contribution is 2.37. The Kier molecular flexibility index (Phi) is 6.98. The Morgan fingerprint density at radius 1 is 1.00 bits per heavy atom. The number of thioether (sulfide) groups is 1. The van der Waals surface area contributed by atoms with Crippen LogP contribution in [0.1, 0.15) is 20.8 Å². The Morgan fingerprint density at radius 2 is 1.58 bits per heavy atom. The average molecular weight is 386 g/mol. The van der Waals surface area contributed by atoms with E-state index in [0.29, 0.717) is 4.90 Å². The molecule has 2 rings (SSSR count). The Bertz CT molecular complexity index is 664. The maximum Gasteiger partial charge on any atom is 0.303 e. The van der Waals surface area contributed by atoms with Crippen molar-refractivity contribution in [1.29, 1.82) is 0 Å². The van der Waals surface area contributed by atoms with Gasteiger partial charge in [0.1, 0.15) is 24.0 Å². The molecule has 0 aliphatic carbocycles. The Hall–Kier alpha value is -2.13. The molecule has 9 heteroatoms. The predicted octanol–water partition coefficient (Wildman–Crippen LogP) is 2.07. The van der Waals surface area contributed by atoms with Crippen molar-refractivity contribution < 1.29 is 37.7 Å². The molecular formula is C17H19FO7S. The largest absolute Gasteiger partial charge is 0.463 e. The molecule has 1 aromatic carbocycles. The van der Waals surface area contributed by atoms with Crippen LogP contribution in [0.3, 0.4) is 0 Å². The molecule has 0 N–H and O–H groups in total. The second kappa shape index (κ2) is 9.00. The number of hydrogen-bond donors (Lipinski definition) is 0. The van der Waals surface area contributed by atoms with Gasteiger partial charge in [-0.15, -0.1) is 0 Å². The van der Waals surface area contributed by atoms with Gasteiger partial charge in [0.15, 0.2) is 12.2 Å². The van der Waals surface area contributed by atoms with E-state index in [-0.39, 0.29) is 12.4 Å². The zero-order valence-corrected chi connectivity index (χ0v) is 15.3. The minimum atomic E-state index is -0.936. The summed E-state index contributed by atoms with van der Waals surface area (Å²) in [6.45, 7) is 3.52. The zero-order chi connectivity index (χ0) is 19.3. The molecule has 1 aliphatic heterocycles. The molecule has 0 saturated carbocycles. The van der Waals surface area contributed by atoms with Gasteiger partial charge in [-0.3, -0.25) is 14.4 Å². The summed E-state index contributed by atoms with van der Waals surface area (Å²) < 4.78 is 34.4. The number of benzene rings is 1. The highest BCUT2D eigenvalue weighted by molar-refractivity contribution is 7.99. The molecule has 1 heterocycles. The van der Waals surface area contributed by atoms with Crippen LogP contribution in [-0.4, -0.2) is 48.3 Å². The molecule has 0 unspecified atom stereocenters. The molecule has 1 saturated heterocycles. The van der Waals surface area contributed by atoms with E-state index in [9.17, 15) is 18.8 Å². The Morgan fingerprint density at radius 3 is 2.12 bits per heavy atom. The van der Waals surface area contributed by atoms with Crippen LogP contribution in [0.2, 0.25) is 0 Å². The van der Waals surface area contributed by atoms with Crippen molar-refractivity contribution in [2.24, 2.45) is 0 Å². The third-order valence-electron chi connectivity index (χ3n) is 3.39. The first-order chi connectivity index (χ1) is 12.3. The van der Waals surface area contributed by atoms with Crippen LogP contribution in [0, 0.1) is 5.82 Å². The molecule has 0 radical (unpaired) electrons. The lowest BCUT2D eigenvalue weighted by Gasteiger charge is -2.23. The van der Waals surface area contributed by atoms with Crippen molar-refractivity contribution in [3.05, 3.63) is 30.1 Å². The molecule has 0 amide bonds. The van der Waals surface area contributed by atoms with Gasteiger partial charge in [0.25, 0.3) is 0 Å². The number of halogens is 1. The predicted molar refractivity (Wildman–Crippen MR) is 88.7 cm³/mol. The van der Waals surface area contributed by atoms with Crippen molar-refractivity contribution in [2.45, 2.75) is 49.4 Å². The summed E-state index contributed by atoms with van der Waals surface area (Å²) in [6.07, 6.45) is -2.65. The van der Waals surface area contributed by atoms with E-state index in [2.05, 4.69) is 0 Å². The normalized spacial score (nSPS) is 24.8. The van der Waals surface area contributed by atoms with Crippen LogP contribution >= 0.6 is 11.8 Å². The molecule has 1 aliphatic rings. The van der Waals surface area contributed by atoms with Gasteiger partial charge in [-0.1, -0.05) is 11.8 Å². The number of ether oxygens (including phenoxy) is 4. The summed E-state index contributed by atoms with van der Waals surface area (Å²) in [7, 11) is 0. The summed E-state index contributed by atoms with van der Waals surface area (Å²) in [5, 5.41) is 0. The topological polar surface area (TPSA) is 88.1 Å². The van der Waals surface area contributed by atoms with Gasteiger partial charge < -0.3 is 18.9 Å². The Labute approximate surface area is 154 Å². The van der Waals surface area contributed by atoms with E-state index < -0.39 is 41.7 Å². The number of carbonyl (C=O) groups excluding carboxylic acids is 3. The van der Waals surface area contributed by atoms with Gasteiger partial charge >= 0.3 is 17.9 Å². The molecule has 26 heavy (non-hydrogen) atoms. The standard InChI is InChI=1S/C17H19FO7S/c1-9(19)22-8-14-15(23-10(2)20)16(24-11(3)21)17(25-14)26-13-6-4-12(18)5-7-13/h4-7,14-17H,8H2,1-3H3/t14-,15-,16-,17+/m1/s1. The summed E-state index contributed by atoms with van der Waals surface area (Å²) in [4.78, 5) is 34.7. The monoisotopic (exact) mass is 386 g/mol. The minimum absolute atomic E-state index is 0.161. The van der Waals surface area contributed by atoms with Crippen molar-refractivity contribution >= 4 is 29.7 Å². The SMILES string of the molecule is CC(=O)OC[C@H]1O[C@@H](Sc2ccc(F)cc2)[C@H](OC(C)=O)[C@@H]1OC(C)=O. The second-order valence-electron chi connectivity index (χ2n) is 5.57. The number of rotatable bonds is 6. The Balaban J connectivity index is 2.22. The fourth-order valence-corrected chi connectivity index (χ4v) is 3.52. The highest BCUT2D eigenvalue weighted by Gasteiger charge is 2.50. The van der Waals surface area contributed by atoms with E-state index in [0.717, 1.165) is 0 Å². The lowest BCUT2D eigenvalue weighted by molar-refractivity contribution is -0.165. The van der Waals surface area contributed by atoms with Gasteiger partial charge in [0.2, 0.25) is 0 Å². The van der Waals surface area contributed by atoms with Gasteiger partial charge in [-0.05, 0) is 24.3 Å². The maximum atomic E-state index is 13.1. The third-order valence-corrected chi connectivity index (χ3v) is 4.54. The quantitative estimate of drug-likeness (QED) is 0.542. The van der Waals surface area contributed by atoms with E-state index in [4.69, 9.17) is 18.9 Å². The fraction of sp³-hybridized carbons (Fsp3) is 0.471. The summed E-state index contributed by atoms with van der Waals surface area (Å²) >= 11 is 1.18. The van der Waals surface area contributed by atoms with E-state index in [1.807, 2.05) is 0 Å². The van der Waals surface area contributed by atoms with Gasteiger partial charge in [-0.25, -0.2) is 4.39 Å².